The van der Waals surface area contributed by atoms with Gasteiger partial charge in [0, 0.05) is 38.8 Å². The molecule has 7 heteroatoms. The van der Waals surface area contributed by atoms with Crippen LogP contribution in [0.2, 0.25) is 0 Å². The highest BCUT2D eigenvalue weighted by molar-refractivity contribution is 5.79. The molecule has 0 spiro atoms. The van der Waals surface area contributed by atoms with E-state index in [1.807, 2.05) is 16.7 Å². The first kappa shape index (κ1) is 19.4. The van der Waals surface area contributed by atoms with Crippen LogP contribution in [-0.2, 0) is 14.3 Å². The van der Waals surface area contributed by atoms with Crippen molar-refractivity contribution < 1.29 is 19.1 Å². The molecule has 0 aromatic heterocycles. The number of rotatable bonds is 4. The number of carbonyl (C=O) groups excluding carboxylic acids is 2. The van der Waals surface area contributed by atoms with Crippen LogP contribution in [0.3, 0.4) is 0 Å². The van der Waals surface area contributed by atoms with E-state index in [4.69, 9.17) is 9.47 Å². The lowest BCUT2D eigenvalue weighted by Gasteiger charge is -2.42. The lowest BCUT2D eigenvalue weighted by molar-refractivity contribution is -0.141. The summed E-state index contributed by atoms with van der Waals surface area (Å²) in [6.45, 7) is 8.72. The zero-order valence-corrected chi connectivity index (χ0v) is 16.0. The molecule has 3 aliphatic rings. The van der Waals surface area contributed by atoms with Gasteiger partial charge in [-0.3, -0.25) is 9.69 Å². The van der Waals surface area contributed by atoms with Crippen molar-refractivity contribution in [2.75, 3.05) is 59.1 Å². The number of morpholine rings is 1. The van der Waals surface area contributed by atoms with Crippen molar-refractivity contribution in [1.29, 1.82) is 0 Å². The first-order valence-corrected chi connectivity index (χ1v) is 10.2. The second-order valence-corrected chi connectivity index (χ2v) is 7.60. The van der Waals surface area contributed by atoms with Gasteiger partial charge in [0.25, 0.3) is 0 Å². The lowest BCUT2D eigenvalue weighted by Crippen LogP contribution is -2.53. The Morgan fingerprint density at radius 1 is 1.00 bits per heavy atom. The van der Waals surface area contributed by atoms with Gasteiger partial charge in [-0.1, -0.05) is 6.92 Å². The first-order valence-electron chi connectivity index (χ1n) is 10.2. The molecule has 0 bridgehead atoms. The number of ether oxygens (including phenoxy) is 2. The van der Waals surface area contributed by atoms with Gasteiger partial charge < -0.3 is 19.3 Å². The summed E-state index contributed by atoms with van der Waals surface area (Å²) in [5.74, 6) is 0.424. The van der Waals surface area contributed by atoms with E-state index in [9.17, 15) is 9.59 Å². The normalized spacial score (nSPS) is 26.0. The molecule has 0 unspecified atom stereocenters. The van der Waals surface area contributed by atoms with Crippen LogP contribution in [0.4, 0.5) is 4.79 Å². The molecular formula is C19H33N3O4. The Morgan fingerprint density at radius 2 is 1.73 bits per heavy atom. The fourth-order valence-electron chi connectivity index (χ4n) is 4.28. The summed E-state index contributed by atoms with van der Waals surface area (Å²) in [6, 6.07) is 0.477. The largest absolute Gasteiger partial charge is 0.449 e. The van der Waals surface area contributed by atoms with Crippen LogP contribution in [0.5, 0.6) is 0 Å². The predicted octanol–water partition coefficient (Wildman–Crippen LogP) is 1.57. The molecule has 0 aliphatic carbocycles. The average Bonchev–Trinajstić information content (AvgIpc) is 2.72. The van der Waals surface area contributed by atoms with Gasteiger partial charge in [0.2, 0.25) is 5.91 Å². The van der Waals surface area contributed by atoms with Gasteiger partial charge in [0.15, 0.2) is 0 Å². The van der Waals surface area contributed by atoms with E-state index in [0.717, 1.165) is 71.4 Å². The standard InChI is InChI=1S/C19H33N3O4/c1-2-12-26-19(24)21-8-5-17(6-9-21)22-7-3-4-16(15-22)18(23)20-10-13-25-14-11-20/h16-17H,2-15H2,1H3/t16-/m0/s1. The molecule has 0 aromatic rings. The second kappa shape index (κ2) is 9.55. The number of hydrogen-bond acceptors (Lipinski definition) is 5. The molecule has 7 nitrogen and oxygen atoms in total. The molecule has 3 saturated heterocycles. The molecule has 148 valence electrons. The second-order valence-electron chi connectivity index (χ2n) is 7.60. The van der Waals surface area contributed by atoms with Crippen LogP contribution in [0.15, 0.2) is 0 Å². The van der Waals surface area contributed by atoms with Crippen LogP contribution in [0, 0.1) is 5.92 Å². The van der Waals surface area contributed by atoms with Gasteiger partial charge in [-0.2, -0.15) is 0 Å². The first-order chi connectivity index (χ1) is 12.7. The SMILES string of the molecule is CCCOC(=O)N1CCC(N2CCC[C@H](C(=O)N3CCOCC3)C2)CC1. The third kappa shape index (κ3) is 4.88. The third-order valence-corrected chi connectivity index (χ3v) is 5.79. The summed E-state index contributed by atoms with van der Waals surface area (Å²) >= 11 is 0. The molecule has 0 aromatic carbocycles. The predicted molar refractivity (Wildman–Crippen MR) is 97.9 cm³/mol. The van der Waals surface area contributed by atoms with Crippen LogP contribution in [0.25, 0.3) is 0 Å². The van der Waals surface area contributed by atoms with Crippen molar-refractivity contribution in [2.45, 2.75) is 45.1 Å². The quantitative estimate of drug-likeness (QED) is 0.755. The molecule has 0 N–H and O–H groups in total. The van der Waals surface area contributed by atoms with Crippen molar-refractivity contribution in [3.8, 4) is 0 Å². The zero-order valence-electron chi connectivity index (χ0n) is 16.0. The Labute approximate surface area is 156 Å². The van der Waals surface area contributed by atoms with Crippen LogP contribution >= 0.6 is 0 Å². The van der Waals surface area contributed by atoms with Gasteiger partial charge >= 0.3 is 6.09 Å². The van der Waals surface area contributed by atoms with E-state index < -0.39 is 0 Å². The Balaban J connectivity index is 1.46. The number of carbonyl (C=O) groups is 2. The Kier molecular flexibility index (Phi) is 7.14. The molecule has 3 aliphatic heterocycles. The molecule has 3 fully saturated rings. The fraction of sp³-hybridized carbons (Fsp3) is 0.895. The highest BCUT2D eigenvalue weighted by Gasteiger charge is 2.34. The van der Waals surface area contributed by atoms with Crippen molar-refractivity contribution in [3.63, 3.8) is 0 Å². The lowest BCUT2D eigenvalue weighted by atomic mass is 9.93. The van der Waals surface area contributed by atoms with E-state index in [-0.39, 0.29) is 12.0 Å². The number of hydrogen-bond donors (Lipinski definition) is 0. The molecular weight excluding hydrogens is 334 g/mol. The van der Waals surface area contributed by atoms with E-state index in [1.165, 1.54) is 0 Å². The van der Waals surface area contributed by atoms with Crippen molar-refractivity contribution >= 4 is 12.0 Å². The number of nitrogens with zero attached hydrogens (tertiary/aromatic N) is 3. The Hall–Kier alpha value is -1.34. The van der Waals surface area contributed by atoms with Gasteiger partial charge in [-0.15, -0.1) is 0 Å². The molecule has 3 rings (SSSR count). The maximum atomic E-state index is 12.8. The molecule has 2 amide bonds. The highest BCUT2D eigenvalue weighted by Crippen LogP contribution is 2.25. The molecule has 3 heterocycles. The molecule has 0 saturated carbocycles. The Morgan fingerprint density at radius 3 is 2.42 bits per heavy atom. The van der Waals surface area contributed by atoms with Crippen molar-refractivity contribution in [1.82, 2.24) is 14.7 Å². The average molecular weight is 367 g/mol. The van der Waals surface area contributed by atoms with E-state index >= 15 is 0 Å². The van der Waals surface area contributed by atoms with E-state index in [2.05, 4.69) is 4.90 Å². The molecule has 0 radical (unpaired) electrons. The molecule has 26 heavy (non-hydrogen) atoms. The van der Waals surface area contributed by atoms with Crippen LogP contribution < -0.4 is 0 Å². The summed E-state index contributed by atoms with van der Waals surface area (Å²) in [5, 5.41) is 0. The minimum absolute atomic E-state index is 0.120. The van der Waals surface area contributed by atoms with Crippen molar-refractivity contribution in [2.24, 2.45) is 5.92 Å². The van der Waals surface area contributed by atoms with Gasteiger partial charge in [-0.05, 0) is 38.6 Å². The third-order valence-electron chi connectivity index (χ3n) is 5.79. The summed E-state index contributed by atoms with van der Waals surface area (Å²) in [6.07, 6.45) is 4.70. The van der Waals surface area contributed by atoms with Gasteiger partial charge in [0.05, 0.1) is 25.7 Å². The zero-order chi connectivity index (χ0) is 18.4. The smallest absolute Gasteiger partial charge is 0.409 e. The summed E-state index contributed by atoms with van der Waals surface area (Å²) in [7, 11) is 0. The summed E-state index contributed by atoms with van der Waals surface area (Å²) < 4.78 is 10.6. The van der Waals surface area contributed by atoms with Gasteiger partial charge in [-0.25, -0.2) is 4.79 Å². The Bertz CT molecular complexity index is 473. The monoisotopic (exact) mass is 367 g/mol. The van der Waals surface area contributed by atoms with E-state index in [1.54, 1.807) is 0 Å². The van der Waals surface area contributed by atoms with Crippen LogP contribution in [0.1, 0.15) is 39.0 Å². The van der Waals surface area contributed by atoms with Crippen LogP contribution in [-0.4, -0.2) is 91.8 Å². The van der Waals surface area contributed by atoms with E-state index in [0.29, 0.717) is 31.8 Å². The summed E-state index contributed by atoms with van der Waals surface area (Å²) in [5.41, 5.74) is 0. The minimum Gasteiger partial charge on any atom is -0.449 e. The topological polar surface area (TPSA) is 62.3 Å². The van der Waals surface area contributed by atoms with Crippen molar-refractivity contribution in [3.05, 3.63) is 0 Å². The maximum Gasteiger partial charge on any atom is 0.409 e. The maximum absolute atomic E-state index is 12.8. The molecule has 1 atom stereocenters. The minimum atomic E-state index is -0.177. The number of piperidine rings is 2. The summed E-state index contributed by atoms with van der Waals surface area (Å²) in [4.78, 5) is 31.1. The van der Waals surface area contributed by atoms with Gasteiger partial charge in [0.1, 0.15) is 0 Å². The number of amides is 2. The number of likely N-dealkylation sites (tertiary alicyclic amines) is 2. The fourth-order valence-corrected chi connectivity index (χ4v) is 4.28. The highest BCUT2D eigenvalue weighted by atomic mass is 16.6.